The van der Waals surface area contributed by atoms with Gasteiger partial charge in [-0.05, 0) is 31.7 Å². The van der Waals surface area contributed by atoms with Gasteiger partial charge in [-0.2, -0.15) is 0 Å². The van der Waals surface area contributed by atoms with Gasteiger partial charge in [0.2, 0.25) is 0 Å². The predicted molar refractivity (Wildman–Crippen MR) is 71.9 cm³/mol. The number of oxime groups is 1. The highest BCUT2D eigenvalue weighted by Crippen LogP contribution is 2.14. The first-order valence-electron chi connectivity index (χ1n) is 5.86. The molecule has 0 aliphatic heterocycles. The fourth-order valence-electron chi connectivity index (χ4n) is 1.67. The van der Waals surface area contributed by atoms with E-state index in [1.54, 1.807) is 7.11 Å². The third-order valence-corrected chi connectivity index (χ3v) is 2.98. The zero-order valence-corrected chi connectivity index (χ0v) is 11.1. The summed E-state index contributed by atoms with van der Waals surface area (Å²) in [7, 11) is 3.67. The minimum Gasteiger partial charge on any atom is -0.497 e. The van der Waals surface area contributed by atoms with E-state index in [0.29, 0.717) is 6.42 Å². The highest BCUT2D eigenvalue weighted by atomic mass is 16.5. The van der Waals surface area contributed by atoms with Crippen LogP contribution in [0.15, 0.2) is 29.4 Å². The Morgan fingerprint density at radius 2 is 2.06 bits per heavy atom. The summed E-state index contributed by atoms with van der Waals surface area (Å²) in [5.74, 6) is 1.11. The van der Waals surface area contributed by atoms with E-state index in [1.165, 1.54) is 5.56 Å². The van der Waals surface area contributed by atoms with Crippen LogP contribution < -0.4 is 10.5 Å². The van der Waals surface area contributed by atoms with Gasteiger partial charge in [0, 0.05) is 19.0 Å². The highest BCUT2D eigenvalue weighted by molar-refractivity contribution is 5.80. The molecule has 18 heavy (non-hydrogen) atoms. The molecule has 5 nitrogen and oxygen atoms in total. The van der Waals surface area contributed by atoms with Crippen molar-refractivity contribution in [3.05, 3.63) is 29.8 Å². The summed E-state index contributed by atoms with van der Waals surface area (Å²) >= 11 is 0. The molecule has 0 amide bonds. The SMILES string of the molecule is COc1ccc(CN(C)C(C)C/C(N)=N/O)cc1. The number of rotatable bonds is 6. The molecule has 1 aromatic carbocycles. The van der Waals surface area contributed by atoms with Crippen molar-refractivity contribution in [2.75, 3.05) is 14.2 Å². The number of hydrogen-bond donors (Lipinski definition) is 2. The molecule has 0 bridgehead atoms. The van der Waals surface area contributed by atoms with Gasteiger partial charge in [0.25, 0.3) is 0 Å². The van der Waals surface area contributed by atoms with E-state index in [4.69, 9.17) is 15.7 Å². The minimum absolute atomic E-state index is 0.211. The Bertz CT molecular complexity index is 390. The predicted octanol–water partition coefficient (Wildman–Crippen LogP) is 1.65. The molecule has 1 aromatic rings. The number of amidine groups is 1. The van der Waals surface area contributed by atoms with E-state index >= 15 is 0 Å². The van der Waals surface area contributed by atoms with Crippen molar-refractivity contribution in [1.29, 1.82) is 0 Å². The molecular weight excluding hydrogens is 230 g/mol. The molecule has 3 N–H and O–H groups in total. The molecule has 1 rings (SSSR count). The maximum Gasteiger partial charge on any atom is 0.140 e. The summed E-state index contributed by atoms with van der Waals surface area (Å²) < 4.78 is 5.12. The van der Waals surface area contributed by atoms with Crippen LogP contribution in [0.3, 0.4) is 0 Å². The first-order valence-corrected chi connectivity index (χ1v) is 5.86. The topological polar surface area (TPSA) is 71.1 Å². The largest absolute Gasteiger partial charge is 0.497 e. The molecule has 5 heteroatoms. The summed E-state index contributed by atoms with van der Waals surface area (Å²) in [6.07, 6.45) is 0.545. The van der Waals surface area contributed by atoms with E-state index in [9.17, 15) is 0 Å². The first-order chi connectivity index (χ1) is 8.56. The molecule has 0 aliphatic carbocycles. The van der Waals surface area contributed by atoms with Crippen LogP contribution in [0.25, 0.3) is 0 Å². The van der Waals surface area contributed by atoms with Gasteiger partial charge in [-0.15, -0.1) is 0 Å². The second-order valence-electron chi connectivity index (χ2n) is 4.41. The van der Waals surface area contributed by atoms with Gasteiger partial charge in [0.15, 0.2) is 0 Å². The number of ether oxygens (including phenoxy) is 1. The standard InChI is InChI=1S/C13H21N3O2/c1-10(8-13(14)15-17)16(2)9-11-4-6-12(18-3)7-5-11/h4-7,10,17H,8-9H2,1-3H3,(H2,14,15). The van der Waals surface area contributed by atoms with Crippen LogP contribution in [-0.2, 0) is 6.54 Å². The van der Waals surface area contributed by atoms with Crippen LogP contribution in [0.4, 0.5) is 0 Å². The van der Waals surface area contributed by atoms with E-state index in [-0.39, 0.29) is 11.9 Å². The van der Waals surface area contributed by atoms with E-state index < -0.39 is 0 Å². The molecule has 0 saturated carbocycles. The van der Waals surface area contributed by atoms with Gasteiger partial charge in [0.05, 0.1) is 7.11 Å². The van der Waals surface area contributed by atoms with Crippen molar-refractivity contribution < 1.29 is 9.94 Å². The summed E-state index contributed by atoms with van der Waals surface area (Å²) in [6.45, 7) is 2.85. The Balaban J connectivity index is 2.54. The molecule has 0 spiro atoms. The number of methoxy groups -OCH3 is 1. The van der Waals surface area contributed by atoms with Crippen LogP contribution in [0.5, 0.6) is 5.75 Å². The van der Waals surface area contributed by atoms with Crippen molar-refractivity contribution in [1.82, 2.24) is 4.90 Å². The highest BCUT2D eigenvalue weighted by Gasteiger charge is 2.11. The van der Waals surface area contributed by atoms with Crippen LogP contribution in [0.2, 0.25) is 0 Å². The number of nitrogens with two attached hydrogens (primary N) is 1. The maximum absolute atomic E-state index is 8.54. The van der Waals surface area contributed by atoms with Crippen molar-refractivity contribution in [3.8, 4) is 5.75 Å². The van der Waals surface area contributed by atoms with Gasteiger partial charge >= 0.3 is 0 Å². The smallest absolute Gasteiger partial charge is 0.140 e. The molecule has 0 aromatic heterocycles. The maximum atomic E-state index is 8.54. The lowest BCUT2D eigenvalue weighted by Gasteiger charge is -2.24. The number of hydrogen-bond acceptors (Lipinski definition) is 4. The van der Waals surface area contributed by atoms with Crippen molar-refractivity contribution >= 4 is 5.84 Å². The Kier molecular flexibility index (Phi) is 5.45. The van der Waals surface area contributed by atoms with E-state index in [1.807, 2.05) is 38.2 Å². The lowest BCUT2D eigenvalue weighted by atomic mass is 10.1. The van der Waals surface area contributed by atoms with Crippen molar-refractivity contribution in [2.24, 2.45) is 10.9 Å². The molecule has 0 fully saturated rings. The Hall–Kier alpha value is -1.75. The summed E-state index contributed by atoms with van der Waals surface area (Å²) in [5.41, 5.74) is 6.70. The molecule has 1 unspecified atom stereocenters. The fraction of sp³-hybridized carbons (Fsp3) is 0.462. The van der Waals surface area contributed by atoms with Crippen LogP contribution in [0, 0.1) is 0 Å². The summed E-state index contributed by atoms with van der Waals surface area (Å²) in [4.78, 5) is 2.15. The molecule has 0 radical (unpaired) electrons. The van der Waals surface area contributed by atoms with Gasteiger partial charge in [-0.25, -0.2) is 0 Å². The fourth-order valence-corrected chi connectivity index (χ4v) is 1.67. The van der Waals surface area contributed by atoms with Crippen LogP contribution in [0.1, 0.15) is 18.9 Å². The molecule has 100 valence electrons. The molecule has 1 atom stereocenters. The van der Waals surface area contributed by atoms with Gasteiger partial charge in [-0.1, -0.05) is 17.3 Å². The lowest BCUT2D eigenvalue weighted by molar-refractivity contribution is 0.251. The Morgan fingerprint density at radius 1 is 1.44 bits per heavy atom. The van der Waals surface area contributed by atoms with E-state index in [2.05, 4.69) is 10.1 Å². The van der Waals surface area contributed by atoms with Crippen LogP contribution in [-0.4, -0.2) is 36.1 Å². The lowest BCUT2D eigenvalue weighted by Crippen LogP contribution is -2.32. The van der Waals surface area contributed by atoms with Gasteiger partial charge < -0.3 is 15.7 Å². The Morgan fingerprint density at radius 3 is 2.56 bits per heavy atom. The number of benzene rings is 1. The third kappa shape index (κ3) is 4.25. The first kappa shape index (κ1) is 14.3. The molecular formula is C13H21N3O2. The molecule has 0 heterocycles. The average molecular weight is 251 g/mol. The normalized spacial score (nSPS) is 13.7. The zero-order chi connectivity index (χ0) is 13.5. The summed E-state index contributed by atoms with van der Waals surface area (Å²) in [5, 5.41) is 11.5. The Labute approximate surface area is 108 Å². The second kappa shape index (κ2) is 6.86. The third-order valence-electron chi connectivity index (χ3n) is 2.98. The summed E-state index contributed by atoms with van der Waals surface area (Å²) in [6, 6.07) is 8.16. The molecule has 0 saturated heterocycles. The number of nitrogens with zero attached hydrogens (tertiary/aromatic N) is 2. The average Bonchev–Trinajstić information content (AvgIpc) is 2.39. The van der Waals surface area contributed by atoms with Gasteiger partial charge in [0.1, 0.15) is 11.6 Å². The quantitative estimate of drug-likeness (QED) is 0.349. The molecule has 0 aliphatic rings. The minimum atomic E-state index is 0.211. The van der Waals surface area contributed by atoms with Crippen molar-refractivity contribution in [2.45, 2.75) is 25.9 Å². The van der Waals surface area contributed by atoms with Crippen molar-refractivity contribution in [3.63, 3.8) is 0 Å². The second-order valence-corrected chi connectivity index (χ2v) is 4.41. The monoisotopic (exact) mass is 251 g/mol. The van der Waals surface area contributed by atoms with E-state index in [0.717, 1.165) is 12.3 Å². The van der Waals surface area contributed by atoms with Crippen LogP contribution >= 0.6 is 0 Å². The van der Waals surface area contributed by atoms with Gasteiger partial charge in [-0.3, -0.25) is 4.90 Å². The zero-order valence-electron chi connectivity index (χ0n) is 11.1.